The Morgan fingerprint density at radius 3 is 2.29 bits per heavy atom. The second-order valence-corrected chi connectivity index (χ2v) is 8.12. The van der Waals surface area contributed by atoms with Gasteiger partial charge in [0, 0.05) is 19.2 Å². The molecular formula is C20H19FN2O4S. The van der Waals surface area contributed by atoms with Gasteiger partial charge in [0.25, 0.3) is 0 Å². The monoisotopic (exact) mass is 402 g/mol. The standard InChI is InChI=1S/C20H19FN2O4S/c1-15(24)22-18-8-10-20(11-9-18)28(25,26)23(14-19-3-2-12-27-19)13-16-4-6-17(21)7-5-16/h2-12H,13-14H2,1H3,(H,22,24). The van der Waals surface area contributed by atoms with Crippen LogP contribution in [0.5, 0.6) is 0 Å². The number of hydrogen-bond donors (Lipinski definition) is 1. The third kappa shape index (κ3) is 4.85. The lowest BCUT2D eigenvalue weighted by Crippen LogP contribution is -2.30. The molecule has 0 aliphatic rings. The van der Waals surface area contributed by atoms with Gasteiger partial charge in [0.2, 0.25) is 15.9 Å². The highest BCUT2D eigenvalue weighted by Crippen LogP contribution is 2.23. The number of hydrogen-bond acceptors (Lipinski definition) is 4. The second kappa shape index (κ2) is 8.37. The minimum atomic E-state index is -3.86. The molecule has 0 radical (unpaired) electrons. The number of amides is 1. The smallest absolute Gasteiger partial charge is 0.243 e. The number of nitrogens with zero attached hydrogens (tertiary/aromatic N) is 1. The molecule has 0 aliphatic heterocycles. The van der Waals surface area contributed by atoms with Crippen LogP contribution in [-0.2, 0) is 27.9 Å². The third-order valence-electron chi connectivity index (χ3n) is 4.00. The summed E-state index contributed by atoms with van der Waals surface area (Å²) in [6.07, 6.45) is 1.47. The van der Waals surface area contributed by atoms with Gasteiger partial charge in [-0.25, -0.2) is 12.8 Å². The number of benzene rings is 2. The molecule has 6 nitrogen and oxygen atoms in total. The Morgan fingerprint density at radius 2 is 1.71 bits per heavy atom. The van der Waals surface area contributed by atoms with Gasteiger partial charge in [0.1, 0.15) is 11.6 Å². The van der Waals surface area contributed by atoms with Crippen LogP contribution in [-0.4, -0.2) is 18.6 Å². The fourth-order valence-electron chi connectivity index (χ4n) is 2.66. The van der Waals surface area contributed by atoms with E-state index in [0.29, 0.717) is 17.0 Å². The zero-order valence-electron chi connectivity index (χ0n) is 15.1. The predicted octanol–water partition coefficient (Wildman–Crippen LogP) is 3.77. The lowest BCUT2D eigenvalue weighted by molar-refractivity contribution is -0.114. The molecule has 28 heavy (non-hydrogen) atoms. The maximum Gasteiger partial charge on any atom is 0.243 e. The first kappa shape index (κ1) is 19.8. The van der Waals surface area contributed by atoms with Crippen LogP contribution < -0.4 is 5.32 Å². The Kier molecular flexibility index (Phi) is 5.91. The average molecular weight is 402 g/mol. The summed E-state index contributed by atoms with van der Waals surface area (Å²) in [6.45, 7) is 1.45. The molecule has 0 spiro atoms. The molecule has 3 rings (SSSR count). The number of anilines is 1. The fourth-order valence-corrected chi connectivity index (χ4v) is 4.05. The molecule has 3 aromatic rings. The lowest BCUT2D eigenvalue weighted by atomic mass is 10.2. The molecular weight excluding hydrogens is 383 g/mol. The summed E-state index contributed by atoms with van der Waals surface area (Å²) >= 11 is 0. The molecule has 0 atom stereocenters. The number of carbonyl (C=O) groups excluding carboxylic acids is 1. The number of halogens is 1. The third-order valence-corrected chi connectivity index (χ3v) is 5.80. The molecule has 0 aliphatic carbocycles. The minimum absolute atomic E-state index is 0.0279. The van der Waals surface area contributed by atoms with Crippen molar-refractivity contribution in [2.24, 2.45) is 0 Å². The van der Waals surface area contributed by atoms with Gasteiger partial charge in [0.05, 0.1) is 17.7 Å². The van der Waals surface area contributed by atoms with E-state index in [4.69, 9.17) is 4.42 Å². The van der Waals surface area contributed by atoms with E-state index in [9.17, 15) is 17.6 Å². The molecule has 2 aromatic carbocycles. The molecule has 1 aromatic heterocycles. The fraction of sp³-hybridized carbons (Fsp3) is 0.150. The number of sulfonamides is 1. The molecule has 0 saturated heterocycles. The Labute approximate surface area is 162 Å². The summed E-state index contributed by atoms with van der Waals surface area (Å²) in [6, 6.07) is 14.9. The van der Waals surface area contributed by atoms with Gasteiger partial charge in [-0.15, -0.1) is 0 Å². The van der Waals surface area contributed by atoms with Crippen molar-refractivity contribution in [2.45, 2.75) is 24.9 Å². The van der Waals surface area contributed by atoms with Gasteiger partial charge in [-0.1, -0.05) is 12.1 Å². The van der Waals surface area contributed by atoms with E-state index < -0.39 is 15.8 Å². The first-order chi connectivity index (χ1) is 13.3. The van der Waals surface area contributed by atoms with Crippen molar-refractivity contribution < 1.29 is 22.0 Å². The van der Waals surface area contributed by atoms with Crippen LogP contribution in [0.3, 0.4) is 0 Å². The molecule has 1 heterocycles. The van der Waals surface area contributed by atoms with Crippen molar-refractivity contribution in [1.82, 2.24) is 4.31 Å². The molecule has 0 bridgehead atoms. The van der Waals surface area contributed by atoms with Crippen molar-refractivity contribution in [1.29, 1.82) is 0 Å². The van der Waals surface area contributed by atoms with Crippen LogP contribution in [0.25, 0.3) is 0 Å². The predicted molar refractivity (Wildman–Crippen MR) is 102 cm³/mol. The van der Waals surface area contributed by atoms with Crippen LogP contribution in [0, 0.1) is 5.82 Å². The van der Waals surface area contributed by atoms with E-state index in [0.717, 1.165) is 0 Å². The number of carbonyl (C=O) groups is 1. The summed E-state index contributed by atoms with van der Waals surface area (Å²) in [5.41, 5.74) is 1.15. The SMILES string of the molecule is CC(=O)Nc1ccc(S(=O)(=O)N(Cc2ccc(F)cc2)Cc2ccco2)cc1. The molecule has 8 heteroatoms. The lowest BCUT2D eigenvalue weighted by Gasteiger charge is -2.21. The van der Waals surface area contributed by atoms with Gasteiger partial charge in [-0.2, -0.15) is 4.31 Å². The van der Waals surface area contributed by atoms with E-state index in [1.54, 1.807) is 24.3 Å². The molecule has 0 fully saturated rings. The van der Waals surface area contributed by atoms with Crippen molar-refractivity contribution in [3.05, 3.63) is 84.1 Å². The molecule has 0 saturated carbocycles. The summed E-state index contributed by atoms with van der Waals surface area (Å²) in [7, 11) is -3.86. The normalized spacial score (nSPS) is 11.5. The van der Waals surface area contributed by atoms with E-state index in [2.05, 4.69) is 5.32 Å². The highest BCUT2D eigenvalue weighted by atomic mass is 32.2. The van der Waals surface area contributed by atoms with E-state index >= 15 is 0 Å². The van der Waals surface area contributed by atoms with Crippen molar-refractivity contribution in [2.75, 3.05) is 5.32 Å². The number of furan rings is 1. The van der Waals surface area contributed by atoms with Crippen LogP contribution in [0.4, 0.5) is 10.1 Å². The van der Waals surface area contributed by atoms with E-state index in [-0.39, 0.29) is 23.9 Å². The summed E-state index contributed by atoms with van der Waals surface area (Å²) in [4.78, 5) is 11.2. The maximum absolute atomic E-state index is 13.2. The first-order valence-electron chi connectivity index (χ1n) is 8.49. The van der Waals surface area contributed by atoms with Crippen LogP contribution in [0.2, 0.25) is 0 Å². The van der Waals surface area contributed by atoms with Gasteiger partial charge < -0.3 is 9.73 Å². The van der Waals surface area contributed by atoms with E-state index in [1.165, 1.54) is 53.9 Å². The zero-order valence-corrected chi connectivity index (χ0v) is 15.9. The quantitative estimate of drug-likeness (QED) is 0.652. The Balaban J connectivity index is 1.90. The van der Waals surface area contributed by atoms with Crippen LogP contribution in [0.1, 0.15) is 18.2 Å². The Hall–Kier alpha value is -2.97. The van der Waals surface area contributed by atoms with Crippen molar-refractivity contribution in [3.63, 3.8) is 0 Å². The average Bonchev–Trinajstić information content (AvgIpc) is 3.16. The highest BCUT2D eigenvalue weighted by Gasteiger charge is 2.26. The number of rotatable bonds is 7. The largest absolute Gasteiger partial charge is 0.468 e. The molecule has 1 N–H and O–H groups in total. The minimum Gasteiger partial charge on any atom is -0.468 e. The summed E-state index contributed by atoms with van der Waals surface area (Å²) < 4.78 is 46.1. The van der Waals surface area contributed by atoms with Gasteiger partial charge in [-0.05, 0) is 54.1 Å². The Bertz CT molecular complexity index is 1030. The second-order valence-electron chi connectivity index (χ2n) is 6.18. The number of nitrogens with one attached hydrogen (secondary N) is 1. The summed E-state index contributed by atoms with van der Waals surface area (Å²) in [5.74, 6) is -0.148. The van der Waals surface area contributed by atoms with Gasteiger partial charge in [-0.3, -0.25) is 4.79 Å². The zero-order chi connectivity index (χ0) is 20.1. The van der Waals surface area contributed by atoms with Crippen molar-refractivity contribution >= 4 is 21.6 Å². The maximum atomic E-state index is 13.2. The van der Waals surface area contributed by atoms with Crippen LogP contribution >= 0.6 is 0 Å². The highest BCUT2D eigenvalue weighted by molar-refractivity contribution is 7.89. The van der Waals surface area contributed by atoms with Crippen molar-refractivity contribution in [3.8, 4) is 0 Å². The van der Waals surface area contributed by atoms with Gasteiger partial charge in [0.15, 0.2) is 0 Å². The Morgan fingerprint density at radius 1 is 1.04 bits per heavy atom. The van der Waals surface area contributed by atoms with E-state index in [1.807, 2.05) is 0 Å². The molecule has 1 amide bonds. The molecule has 146 valence electrons. The van der Waals surface area contributed by atoms with Crippen LogP contribution in [0.15, 0.2) is 76.2 Å². The summed E-state index contributed by atoms with van der Waals surface area (Å²) in [5, 5.41) is 2.60. The topological polar surface area (TPSA) is 79.6 Å². The first-order valence-corrected chi connectivity index (χ1v) is 9.93. The van der Waals surface area contributed by atoms with Gasteiger partial charge >= 0.3 is 0 Å². The molecule has 0 unspecified atom stereocenters.